The Bertz CT molecular complexity index is 554. The molecule has 0 unspecified atom stereocenters. The molecule has 1 amide bonds. The molecule has 98 valence electrons. The maximum absolute atomic E-state index is 11.7. The molecule has 0 aliphatic carbocycles. The van der Waals surface area contributed by atoms with E-state index in [0.29, 0.717) is 10.8 Å². The van der Waals surface area contributed by atoms with Gasteiger partial charge in [-0.05, 0) is 36.8 Å². The first-order valence-electron chi connectivity index (χ1n) is 5.70. The normalized spacial score (nSPS) is 10.2. The van der Waals surface area contributed by atoms with Gasteiger partial charge in [0.2, 0.25) is 5.91 Å². The lowest BCUT2D eigenvalue weighted by Crippen LogP contribution is -2.14. The summed E-state index contributed by atoms with van der Waals surface area (Å²) in [7, 11) is 0. The van der Waals surface area contributed by atoms with Crippen LogP contribution in [-0.4, -0.2) is 21.6 Å². The number of nitrogens with zero attached hydrogens (tertiary/aromatic N) is 2. The molecular weight excluding hydrogens is 260 g/mol. The van der Waals surface area contributed by atoms with Crippen LogP contribution >= 0.6 is 11.8 Å². The van der Waals surface area contributed by atoms with E-state index in [1.165, 1.54) is 11.8 Å². The highest BCUT2D eigenvalue weighted by Crippen LogP contribution is 2.14. The highest BCUT2D eigenvalue weighted by Gasteiger charge is 2.05. The number of carbonyl (C=O) groups excluding carboxylic acids is 1. The summed E-state index contributed by atoms with van der Waals surface area (Å²) in [6.45, 7) is 1.92. The van der Waals surface area contributed by atoms with E-state index in [9.17, 15) is 4.79 Å². The van der Waals surface area contributed by atoms with Crippen LogP contribution in [0.25, 0.3) is 0 Å². The number of nitrogens with two attached hydrogens (primary N) is 1. The van der Waals surface area contributed by atoms with Crippen LogP contribution in [0.2, 0.25) is 0 Å². The van der Waals surface area contributed by atoms with E-state index in [1.807, 2.05) is 6.92 Å². The minimum Gasteiger partial charge on any atom is -0.399 e. The van der Waals surface area contributed by atoms with E-state index in [2.05, 4.69) is 15.3 Å². The summed E-state index contributed by atoms with van der Waals surface area (Å²) in [6.07, 6.45) is 3.46. The first kappa shape index (κ1) is 13.4. The first-order chi connectivity index (χ1) is 9.13. The van der Waals surface area contributed by atoms with E-state index < -0.39 is 0 Å². The van der Waals surface area contributed by atoms with Crippen molar-refractivity contribution in [2.45, 2.75) is 12.1 Å². The average molecular weight is 274 g/mol. The van der Waals surface area contributed by atoms with Gasteiger partial charge in [0.1, 0.15) is 0 Å². The van der Waals surface area contributed by atoms with Gasteiger partial charge in [0.25, 0.3) is 0 Å². The second-order valence-electron chi connectivity index (χ2n) is 4.00. The topological polar surface area (TPSA) is 80.9 Å². The largest absolute Gasteiger partial charge is 0.399 e. The number of nitrogens with one attached hydrogen (secondary N) is 1. The number of amides is 1. The maximum atomic E-state index is 11.7. The predicted octanol–water partition coefficient (Wildman–Crippen LogP) is 2.10. The summed E-state index contributed by atoms with van der Waals surface area (Å²) >= 11 is 1.30. The SMILES string of the molecule is Cc1cnc(SCC(=O)Nc2ccc(N)cc2)nc1. The van der Waals surface area contributed by atoms with E-state index in [4.69, 9.17) is 5.73 Å². The number of aromatic nitrogens is 2. The molecule has 2 aromatic rings. The predicted molar refractivity (Wildman–Crippen MR) is 77.0 cm³/mol. The van der Waals surface area contributed by atoms with E-state index >= 15 is 0 Å². The summed E-state index contributed by atoms with van der Waals surface area (Å²) in [5.74, 6) is 0.173. The van der Waals surface area contributed by atoms with Gasteiger partial charge in [0.05, 0.1) is 5.75 Å². The maximum Gasteiger partial charge on any atom is 0.234 e. The zero-order chi connectivity index (χ0) is 13.7. The molecular formula is C13H14N4OS. The number of aryl methyl sites for hydroxylation is 1. The van der Waals surface area contributed by atoms with Gasteiger partial charge < -0.3 is 11.1 Å². The van der Waals surface area contributed by atoms with Gasteiger partial charge in [-0.2, -0.15) is 0 Å². The van der Waals surface area contributed by atoms with Crippen LogP contribution in [0.3, 0.4) is 0 Å². The van der Waals surface area contributed by atoms with Crippen LogP contribution in [0, 0.1) is 6.92 Å². The molecule has 6 heteroatoms. The number of rotatable bonds is 4. The molecule has 1 aromatic carbocycles. The Labute approximate surface area is 115 Å². The fourth-order valence-electron chi connectivity index (χ4n) is 1.35. The molecule has 1 aromatic heterocycles. The van der Waals surface area contributed by atoms with E-state index in [-0.39, 0.29) is 11.7 Å². The summed E-state index contributed by atoms with van der Waals surface area (Å²) in [6, 6.07) is 7.01. The second-order valence-corrected chi connectivity index (χ2v) is 4.94. The van der Waals surface area contributed by atoms with Crippen LogP contribution in [0.15, 0.2) is 41.8 Å². The molecule has 0 bridgehead atoms. The Morgan fingerprint density at radius 2 is 1.89 bits per heavy atom. The van der Waals surface area contributed by atoms with Gasteiger partial charge in [-0.3, -0.25) is 4.79 Å². The van der Waals surface area contributed by atoms with Crippen molar-refractivity contribution in [2.75, 3.05) is 16.8 Å². The minimum absolute atomic E-state index is 0.0982. The van der Waals surface area contributed by atoms with Crippen molar-refractivity contribution in [2.24, 2.45) is 0 Å². The zero-order valence-corrected chi connectivity index (χ0v) is 11.3. The van der Waals surface area contributed by atoms with Gasteiger partial charge in [0, 0.05) is 23.8 Å². The van der Waals surface area contributed by atoms with Gasteiger partial charge in [-0.1, -0.05) is 11.8 Å². The Morgan fingerprint density at radius 3 is 2.53 bits per heavy atom. The molecule has 0 fully saturated rings. The monoisotopic (exact) mass is 274 g/mol. The average Bonchev–Trinajstić information content (AvgIpc) is 2.41. The van der Waals surface area contributed by atoms with E-state index in [1.54, 1.807) is 36.7 Å². The molecule has 0 saturated carbocycles. The first-order valence-corrected chi connectivity index (χ1v) is 6.69. The number of hydrogen-bond donors (Lipinski definition) is 2. The number of thioether (sulfide) groups is 1. The smallest absolute Gasteiger partial charge is 0.234 e. The molecule has 0 atom stereocenters. The third kappa shape index (κ3) is 4.26. The van der Waals surface area contributed by atoms with E-state index in [0.717, 1.165) is 11.3 Å². The Morgan fingerprint density at radius 1 is 1.26 bits per heavy atom. The lowest BCUT2D eigenvalue weighted by Gasteiger charge is -2.04. The lowest BCUT2D eigenvalue weighted by molar-refractivity contribution is -0.113. The van der Waals surface area contributed by atoms with Crippen molar-refractivity contribution in [1.29, 1.82) is 0 Å². The van der Waals surface area contributed by atoms with Crippen LogP contribution in [0.1, 0.15) is 5.56 Å². The standard InChI is InChI=1S/C13H14N4OS/c1-9-6-15-13(16-7-9)19-8-12(18)17-11-4-2-10(14)3-5-11/h2-7H,8,14H2,1H3,(H,17,18). The summed E-state index contributed by atoms with van der Waals surface area (Å²) in [4.78, 5) is 20.0. The fraction of sp³-hybridized carbons (Fsp3) is 0.154. The molecule has 2 rings (SSSR count). The Hall–Kier alpha value is -2.08. The van der Waals surface area contributed by atoms with Gasteiger partial charge in [-0.15, -0.1) is 0 Å². The molecule has 19 heavy (non-hydrogen) atoms. The molecule has 3 N–H and O–H groups in total. The van der Waals surface area contributed by atoms with Crippen LogP contribution in [0.5, 0.6) is 0 Å². The zero-order valence-electron chi connectivity index (χ0n) is 10.5. The van der Waals surface area contributed by atoms with Gasteiger partial charge in [-0.25, -0.2) is 9.97 Å². The molecule has 1 heterocycles. The Kier molecular flexibility index (Phi) is 4.35. The third-order valence-electron chi connectivity index (χ3n) is 2.28. The molecule has 0 aliphatic rings. The summed E-state index contributed by atoms with van der Waals surface area (Å²) < 4.78 is 0. The van der Waals surface area contributed by atoms with Crippen molar-refractivity contribution in [1.82, 2.24) is 9.97 Å². The van der Waals surface area contributed by atoms with Crippen molar-refractivity contribution in [3.63, 3.8) is 0 Å². The molecule has 0 radical (unpaired) electrons. The fourth-order valence-corrected chi connectivity index (χ4v) is 1.94. The van der Waals surface area contributed by atoms with Crippen LogP contribution in [-0.2, 0) is 4.79 Å². The van der Waals surface area contributed by atoms with Gasteiger partial charge in [0.15, 0.2) is 5.16 Å². The van der Waals surface area contributed by atoms with Gasteiger partial charge >= 0.3 is 0 Å². The quantitative estimate of drug-likeness (QED) is 0.507. The molecule has 0 spiro atoms. The number of benzene rings is 1. The number of hydrogen-bond acceptors (Lipinski definition) is 5. The van der Waals surface area contributed by atoms with Crippen molar-refractivity contribution >= 4 is 29.0 Å². The summed E-state index contributed by atoms with van der Waals surface area (Å²) in [5, 5.41) is 3.38. The van der Waals surface area contributed by atoms with Crippen LogP contribution < -0.4 is 11.1 Å². The highest BCUT2D eigenvalue weighted by atomic mass is 32.2. The third-order valence-corrected chi connectivity index (χ3v) is 3.16. The Balaban J connectivity index is 1.84. The highest BCUT2D eigenvalue weighted by molar-refractivity contribution is 7.99. The van der Waals surface area contributed by atoms with Crippen molar-refractivity contribution in [3.05, 3.63) is 42.2 Å². The number of carbonyl (C=O) groups is 1. The molecule has 0 aliphatic heterocycles. The minimum atomic E-state index is -0.0982. The van der Waals surface area contributed by atoms with Crippen molar-refractivity contribution < 1.29 is 4.79 Å². The second kappa shape index (κ2) is 6.19. The summed E-state index contributed by atoms with van der Waals surface area (Å²) in [5.41, 5.74) is 7.96. The molecule has 0 saturated heterocycles. The van der Waals surface area contributed by atoms with Crippen LogP contribution in [0.4, 0.5) is 11.4 Å². The lowest BCUT2D eigenvalue weighted by atomic mass is 10.3. The number of nitrogen functional groups attached to an aromatic ring is 1. The number of anilines is 2. The van der Waals surface area contributed by atoms with Crippen molar-refractivity contribution in [3.8, 4) is 0 Å². The molecule has 5 nitrogen and oxygen atoms in total.